The second-order valence-electron chi connectivity index (χ2n) is 3.73. The number of carbonyl (C=O) groups excluding carboxylic acids is 1. The van der Waals surface area contributed by atoms with Gasteiger partial charge in [0.15, 0.2) is 0 Å². The number of hydrogen-bond donors (Lipinski definition) is 3. The number of H-pyrrole nitrogens is 1. The van der Waals surface area contributed by atoms with E-state index in [4.69, 9.17) is 5.73 Å². The molecule has 0 fully saturated rings. The highest BCUT2D eigenvalue weighted by atomic mass is 16.1. The van der Waals surface area contributed by atoms with Crippen LogP contribution in [0.15, 0.2) is 18.5 Å². The third-order valence-electron chi connectivity index (χ3n) is 2.30. The zero-order valence-electron chi connectivity index (χ0n) is 9.47. The van der Waals surface area contributed by atoms with Crippen molar-refractivity contribution in [1.29, 1.82) is 0 Å². The quantitative estimate of drug-likeness (QED) is 0.675. The van der Waals surface area contributed by atoms with Gasteiger partial charge in [0.05, 0.1) is 6.20 Å². The predicted octanol–water partition coefficient (Wildman–Crippen LogP) is -0.302. The van der Waals surface area contributed by atoms with E-state index in [2.05, 4.69) is 20.6 Å². The molecule has 0 aliphatic carbocycles. The molecule has 0 saturated heterocycles. The summed E-state index contributed by atoms with van der Waals surface area (Å²) in [5, 5.41) is 13.1. The van der Waals surface area contributed by atoms with Crippen LogP contribution in [0.5, 0.6) is 0 Å². The standard InChI is InChI=1S/C10H14N6O/c1-16-6-7(5-13-16)2-3-12-10(17)8-4-9(11)15-14-8/h4-6H,2-3H2,1H3,(H,12,17)(H3,11,14,15). The number of carbonyl (C=O) groups is 1. The molecule has 0 atom stereocenters. The van der Waals surface area contributed by atoms with E-state index in [1.165, 1.54) is 6.07 Å². The summed E-state index contributed by atoms with van der Waals surface area (Å²) in [5.41, 5.74) is 6.86. The van der Waals surface area contributed by atoms with E-state index in [0.29, 0.717) is 18.1 Å². The summed E-state index contributed by atoms with van der Waals surface area (Å²) in [4.78, 5) is 11.6. The van der Waals surface area contributed by atoms with Crippen LogP contribution in [0.2, 0.25) is 0 Å². The summed E-state index contributed by atoms with van der Waals surface area (Å²) >= 11 is 0. The molecule has 0 radical (unpaired) electrons. The third-order valence-corrected chi connectivity index (χ3v) is 2.30. The Hall–Kier alpha value is -2.31. The maximum absolute atomic E-state index is 11.6. The molecule has 2 heterocycles. The number of amides is 1. The van der Waals surface area contributed by atoms with Crippen molar-refractivity contribution >= 4 is 11.7 Å². The number of hydrogen-bond acceptors (Lipinski definition) is 4. The largest absolute Gasteiger partial charge is 0.382 e. The summed E-state index contributed by atoms with van der Waals surface area (Å²) in [6.45, 7) is 0.545. The maximum Gasteiger partial charge on any atom is 0.269 e. The molecule has 0 saturated carbocycles. The molecule has 17 heavy (non-hydrogen) atoms. The van der Waals surface area contributed by atoms with Crippen LogP contribution in [0.1, 0.15) is 16.1 Å². The van der Waals surface area contributed by atoms with Crippen LogP contribution in [-0.2, 0) is 13.5 Å². The number of rotatable bonds is 4. The first kappa shape index (κ1) is 11.2. The lowest BCUT2D eigenvalue weighted by Gasteiger charge is -2.01. The van der Waals surface area contributed by atoms with E-state index in [0.717, 1.165) is 12.0 Å². The number of anilines is 1. The molecule has 0 aromatic carbocycles. The van der Waals surface area contributed by atoms with Gasteiger partial charge in [0.25, 0.3) is 5.91 Å². The first-order chi connectivity index (χ1) is 8.15. The van der Waals surface area contributed by atoms with Crippen molar-refractivity contribution < 1.29 is 4.79 Å². The molecule has 0 aliphatic heterocycles. The molecular weight excluding hydrogens is 220 g/mol. The summed E-state index contributed by atoms with van der Waals surface area (Å²) in [5.74, 6) is 0.0977. The molecule has 2 aromatic rings. The van der Waals surface area contributed by atoms with Gasteiger partial charge >= 0.3 is 0 Å². The number of nitrogen functional groups attached to an aromatic ring is 1. The van der Waals surface area contributed by atoms with Gasteiger partial charge in [-0.15, -0.1) is 0 Å². The van der Waals surface area contributed by atoms with Gasteiger partial charge in [0, 0.05) is 25.9 Å². The Bertz CT molecular complexity index is 514. The van der Waals surface area contributed by atoms with Crippen LogP contribution in [-0.4, -0.2) is 32.4 Å². The van der Waals surface area contributed by atoms with Crippen molar-refractivity contribution in [1.82, 2.24) is 25.3 Å². The SMILES string of the molecule is Cn1cc(CCNC(=O)c2cc(N)n[nH]2)cn1. The molecule has 0 spiro atoms. The average molecular weight is 234 g/mol. The minimum atomic E-state index is -0.210. The first-order valence-electron chi connectivity index (χ1n) is 5.22. The lowest BCUT2D eigenvalue weighted by Crippen LogP contribution is -2.25. The fourth-order valence-electron chi connectivity index (χ4n) is 1.47. The smallest absolute Gasteiger partial charge is 0.269 e. The van der Waals surface area contributed by atoms with Gasteiger partial charge in [0.2, 0.25) is 0 Å². The summed E-state index contributed by atoms with van der Waals surface area (Å²) in [7, 11) is 1.86. The number of nitrogens with one attached hydrogen (secondary N) is 2. The minimum Gasteiger partial charge on any atom is -0.382 e. The van der Waals surface area contributed by atoms with E-state index >= 15 is 0 Å². The zero-order valence-corrected chi connectivity index (χ0v) is 9.47. The van der Waals surface area contributed by atoms with E-state index < -0.39 is 0 Å². The number of aromatic amines is 1. The Labute approximate surface area is 98.0 Å². The summed E-state index contributed by atoms with van der Waals surface area (Å²) < 4.78 is 1.73. The van der Waals surface area contributed by atoms with Crippen molar-refractivity contribution in [2.45, 2.75) is 6.42 Å². The second kappa shape index (κ2) is 4.69. The van der Waals surface area contributed by atoms with Gasteiger partial charge in [-0.25, -0.2) is 0 Å². The van der Waals surface area contributed by atoms with E-state index in [1.54, 1.807) is 10.9 Å². The second-order valence-corrected chi connectivity index (χ2v) is 3.73. The van der Waals surface area contributed by atoms with Gasteiger partial charge < -0.3 is 11.1 Å². The van der Waals surface area contributed by atoms with Gasteiger partial charge in [0.1, 0.15) is 11.5 Å². The minimum absolute atomic E-state index is 0.210. The van der Waals surface area contributed by atoms with Crippen LogP contribution in [0.25, 0.3) is 0 Å². The highest BCUT2D eigenvalue weighted by Crippen LogP contribution is 2.00. The Morgan fingerprint density at radius 3 is 3.06 bits per heavy atom. The van der Waals surface area contributed by atoms with Crippen LogP contribution in [0.4, 0.5) is 5.82 Å². The van der Waals surface area contributed by atoms with Crippen molar-refractivity contribution in [2.75, 3.05) is 12.3 Å². The van der Waals surface area contributed by atoms with Gasteiger partial charge in [-0.05, 0) is 12.0 Å². The average Bonchev–Trinajstić information content (AvgIpc) is 2.88. The molecular formula is C10H14N6O. The van der Waals surface area contributed by atoms with Crippen LogP contribution in [0.3, 0.4) is 0 Å². The van der Waals surface area contributed by atoms with Crippen LogP contribution >= 0.6 is 0 Å². The fourth-order valence-corrected chi connectivity index (χ4v) is 1.47. The normalized spacial score (nSPS) is 10.4. The van der Waals surface area contributed by atoms with Crippen molar-refractivity contribution in [3.05, 3.63) is 29.7 Å². The number of nitrogens with two attached hydrogens (primary N) is 1. The summed E-state index contributed by atoms with van der Waals surface area (Å²) in [6, 6.07) is 1.50. The molecule has 0 bridgehead atoms. The Balaban J connectivity index is 1.81. The molecule has 7 nitrogen and oxygen atoms in total. The monoisotopic (exact) mass is 234 g/mol. The Morgan fingerprint density at radius 2 is 2.47 bits per heavy atom. The number of aryl methyl sites for hydroxylation is 1. The van der Waals surface area contributed by atoms with Gasteiger partial charge in [-0.1, -0.05) is 0 Å². The lowest BCUT2D eigenvalue weighted by atomic mass is 10.2. The Morgan fingerprint density at radius 1 is 1.65 bits per heavy atom. The highest BCUT2D eigenvalue weighted by Gasteiger charge is 2.07. The molecule has 0 unspecified atom stereocenters. The fraction of sp³-hybridized carbons (Fsp3) is 0.300. The topological polar surface area (TPSA) is 102 Å². The van der Waals surface area contributed by atoms with Crippen molar-refractivity contribution in [3.8, 4) is 0 Å². The number of aromatic nitrogens is 4. The molecule has 0 aliphatic rings. The summed E-state index contributed by atoms with van der Waals surface area (Å²) in [6.07, 6.45) is 4.43. The van der Waals surface area contributed by atoms with E-state index in [-0.39, 0.29) is 5.91 Å². The Kier molecular flexibility index (Phi) is 3.08. The third kappa shape index (κ3) is 2.83. The molecule has 2 aromatic heterocycles. The zero-order chi connectivity index (χ0) is 12.3. The van der Waals surface area contributed by atoms with Gasteiger partial charge in [-0.3, -0.25) is 14.6 Å². The lowest BCUT2D eigenvalue weighted by molar-refractivity contribution is 0.0949. The highest BCUT2D eigenvalue weighted by molar-refractivity contribution is 5.92. The molecule has 7 heteroatoms. The van der Waals surface area contributed by atoms with E-state index in [1.807, 2.05) is 13.2 Å². The molecule has 90 valence electrons. The van der Waals surface area contributed by atoms with Gasteiger partial charge in [-0.2, -0.15) is 10.2 Å². The first-order valence-corrected chi connectivity index (χ1v) is 5.22. The van der Waals surface area contributed by atoms with Crippen LogP contribution < -0.4 is 11.1 Å². The van der Waals surface area contributed by atoms with Crippen molar-refractivity contribution in [2.24, 2.45) is 7.05 Å². The number of nitrogens with zero attached hydrogens (tertiary/aromatic N) is 3. The van der Waals surface area contributed by atoms with Crippen LogP contribution in [0, 0.1) is 0 Å². The maximum atomic E-state index is 11.6. The molecule has 4 N–H and O–H groups in total. The predicted molar refractivity (Wildman–Crippen MR) is 62.2 cm³/mol. The molecule has 1 amide bonds. The van der Waals surface area contributed by atoms with E-state index in [9.17, 15) is 4.79 Å². The van der Waals surface area contributed by atoms with Crippen molar-refractivity contribution in [3.63, 3.8) is 0 Å². The molecule has 2 rings (SSSR count).